The molecular formula is C27H27N3. The van der Waals surface area contributed by atoms with Gasteiger partial charge in [-0.15, -0.1) is 0 Å². The molecule has 3 nitrogen and oxygen atoms in total. The van der Waals surface area contributed by atoms with Gasteiger partial charge in [-0.05, 0) is 72.3 Å². The van der Waals surface area contributed by atoms with Crippen molar-refractivity contribution in [3.63, 3.8) is 0 Å². The van der Waals surface area contributed by atoms with Crippen molar-refractivity contribution in [3.8, 4) is 6.07 Å². The van der Waals surface area contributed by atoms with E-state index in [9.17, 15) is 5.26 Å². The van der Waals surface area contributed by atoms with Crippen LogP contribution in [0.4, 0.5) is 5.69 Å². The van der Waals surface area contributed by atoms with Crippen LogP contribution in [0.25, 0.3) is 5.57 Å². The number of nitrogens with zero attached hydrogens (tertiary/aromatic N) is 2. The van der Waals surface area contributed by atoms with Crippen molar-refractivity contribution in [1.82, 2.24) is 5.32 Å². The highest BCUT2D eigenvalue weighted by Gasteiger charge is 2.39. The van der Waals surface area contributed by atoms with Gasteiger partial charge in [-0.2, -0.15) is 5.26 Å². The molecule has 1 N–H and O–H groups in total. The molecule has 5 rings (SSSR count). The maximum Gasteiger partial charge on any atom is 0.101 e. The van der Waals surface area contributed by atoms with E-state index in [1.165, 1.54) is 33.8 Å². The molecule has 0 atom stereocenters. The highest BCUT2D eigenvalue weighted by Crippen LogP contribution is 2.51. The van der Waals surface area contributed by atoms with Crippen LogP contribution in [0.3, 0.4) is 0 Å². The maximum absolute atomic E-state index is 9.28. The molecule has 0 saturated carbocycles. The molecule has 0 radical (unpaired) electrons. The van der Waals surface area contributed by atoms with Crippen molar-refractivity contribution in [2.24, 2.45) is 5.41 Å². The molecule has 2 aliphatic heterocycles. The van der Waals surface area contributed by atoms with Gasteiger partial charge in [0.2, 0.25) is 0 Å². The summed E-state index contributed by atoms with van der Waals surface area (Å²) in [6.07, 6.45) is 17.5. The van der Waals surface area contributed by atoms with Crippen molar-refractivity contribution in [1.29, 1.82) is 5.26 Å². The third kappa shape index (κ3) is 2.95. The van der Waals surface area contributed by atoms with E-state index in [0.717, 1.165) is 37.8 Å². The number of rotatable bonds is 2. The second-order valence-electron chi connectivity index (χ2n) is 8.88. The van der Waals surface area contributed by atoms with Crippen LogP contribution in [0, 0.1) is 16.7 Å². The number of nitriles is 1. The fourth-order valence-corrected chi connectivity index (χ4v) is 5.20. The molecule has 0 saturated heterocycles. The highest BCUT2D eigenvalue weighted by molar-refractivity contribution is 5.77. The third-order valence-corrected chi connectivity index (χ3v) is 6.71. The van der Waals surface area contributed by atoms with Gasteiger partial charge in [-0.25, -0.2) is 0 Å². The molecule has 0 fully saturated rings. The Morgan fingerprint density at radius 3 is 2.80 bits per heavy atom. The van der Waals surface area contributed by atoms with Crippen molar-refractivity contribution in [2.45, 2.75) is 39.5 Å². The van der Waals surface area contributed by atoms with E-state index in [0.29, 0.717) is 5.57 Å². The number of allylic oxidation sites excluding steroid dienone is 9. The first kappa shape index (κ1) is 18.8. The molecule has 150 valence electrons. The summed E-state index contributed by atoms with van der Waals surface area (Å²) in [5, 5.41) is 12.5. The van der Waals surface area contributed by atoms with Crippen LogP contribution in [0.2, 0.25) is 0 Å². The Labute approximate surface area is 179 Å². The molecule has 3 heteroatoms. The lowest BCUT2D eigenvalue weighted by molar-refractivity contribution is 0.492. The summed E-state index contributed by atoms with van der Waals surface area (Å²) in [5.41, 5.74) is 10.0. The molecule has 0 amide bonds. The number of hydrogen-bond donors (Lipinski definition) is 1. The zero-order valence-electron chi connectivity index (χ0n) is 17.7. The van der Waals surface area contributed by atoms with Crippen LogP contribution in [0.1, 0.15) is 45.1 Å². The van der Waals surface area contributed by atoms with E-state index in [1.807, 2.05) is 6.08 Å². The molecular weight excluding hydrogens is 366 g/mol. The number of nitrogens with one attached hydrogen (secondary N) is 1. The molecule has 4 aliphatic rings. The van der Waals surface area contributed by atoms with Gasteiger partial charge in [-0.3, -0.25) is 0 Å². The smallest absolute Gasteiger partial charge is 0.101 e. The second-order valence-corrected chi connectivity index (χ2v) is 8.88. The number of dihydropyridines is 1. The number of hydrogen-bond acceptors (Lipinski definition) is 3. The minimum Gasteiger partial charge on any atom is -0.386 e. The Morgan fingerprint density at radius 2 is 1.93 bits per heavy atom. The monoisotopic (exact) mass is 393 g/mol. The normalized spacial score (nSPS) is 22.0. The van der Waals surface area contributed by atoms with Gasteiger partial charge in [0.25, 0.3) is 0 Å². The van der Waals surface area contributed by atoms with E-state index >= 15 is 0 Å². The quantitative estimate of drug-likeness (QED) is 0.656. The summed E-state index contributed by atoms with van der Waals surface area (Å²) in [4.78, 5) is 2.50. The molecule has 0 spiro atoms. The molecule has 0 aromatic heterocycles. The van der Waals surface area contributed by atoms with Crippen LogP contribution < -0.4 is 10.2 Å². The molecule has 2 aliphatic carbocycles. The molecule has 1 aromatic rings. The predicted molar refractivity (Wildman–Crippen MR) is 123 cm³/mol. The van der Waals surface area contributed by atoms with Gasteiger partial charge in [0, 0.05) is 35.2 Å². The summed E-state index contributed by atoms with van der Waals surface area (Å²) < 4.78 is 0. The summed E-state index contributed by atoms with van der Waals surface area (Å²) in [6, 6.07) is 11.0. The van der Waals surface area contributed by atoms with Gasteiger partial charge >= 0.3 is 0 Å². The van der Waals surface area contributed by atoms with Crippen molar-refractivity contribution in [2.75, 3.05) is 11.4 Å². The van der Waals surface area contributed by atoms with E-state index in [2.05, 4.69) is 78.7 Å². The van der Waals surface area contributed by atoms with Gasteiger partial charge < -0.3 is 10.2 Å². The average molecular weight is 394 g/mol. The van der Waals surface area contributed by atoms with Crippen molar-refractivity contribution in [3.05, 3.63) is 94.5 Å². The summed E-state index contributed by atoms with van der Waals surface area (Å²) in [7, 11) is 0. The number of anilines is 1. The lowest BCUT2D eigenvalue weighted by Gasteiger charge is -2.46. The Balaban J connectivity index is 1.64. The first-order valence-electron chi connectivity index (χ1n) is 10.8. The minimum atomic E-state index is 0.0722. The minimum absolute atomic E-state index is 0.0722. The zero-order chi connectivity index (χ0) is 20.7. The first-order chi connectivity index (χ1) is 14.6. The maximum atomic E-state index is 9.28. The fraction of sp³-hybridized carbons (Fsp3) is 0.296. The topological polar surface area (TPSA) is 39.1 Å². The molecule has 2 heterocycles. The Hall–Kier alpha value is -3.25. The molecule has 30 heavy (non-hydrogen) atoms. The SMILES string of the molecule is CC1(C)C2=C(CCC=C2)N(c2cccc(C3=CC(C#N)=CNC3)c2)C2=C1CCC=C2. The lowest BCUT2D eigenvalue weighted by atomic mass is 9.68. The van der Waals surface area contributed by atoms with Crippen LogP contribution in [-0.4, -0.2) is 6.54 Å². The summed E-state index contributed by atoms with van der Waals surface area (Å²) in [5.74, 6) is 0. The Kier molecular flexibility index (Phi) is 4.51. The number of benzene rings is 1. The van der Waals surface area contributed by atoms with Crippen LogP contribution in [0.15, 0.2) is 89.0 Å². The van der Waals surface area contributed by atoms with Gasteiger partial charge in [0.1, 0.15) is 6.07 Å². The van der Waals surface area contributed by atoms with Crippen LogP contribution in [-0.2, 0) is 0 Å². The largest absolute Gasteiger partial charge is 0.386 e. The molecule has 0 unspecified atom stereocenters. The van der Waals surface area contributed by atoms with E-state index < -0.39 is 0 Å². The Morgan fingerprint density at radius 1 is 1.10 bits per heavy atom. The summed E-state index contributed by atoms with van der Waals surface area (Å²) in [6.45, 7) is 5.51. The standard InChI is InChI=1S/C27H27N3/c1-27(2)23-10-3-5-12-25(23)30(26-13-6-4-11-24(26)27)22-9-7-8-20(15-22)21-14-19(16-28)17-29-18-21/h3,6-10,13-15,17,29H,4-5,11-12,18H2,1-2H3. The fourth-order valence-electron chi connectivity index (χ4n) is 5.20. The van der Waals surface area contributed by atoms with Gasteiger partial charge in [0.05, 0.1) is 5.57 Å². The van der Waals surface area contributed by atoms with Crippen LogP contribution in [0.5, 0.6) is 0 Å². The lowest BCUT2D eigenvalue weighted by Crippen LogP contribution is -2.37. The third-order valence-electron chi connectivity index (χ3n) is 6.71. The first-order valence-corrected chi connectivity index (χ1v) is 10.8. The van der Waals surface area contributed by atoms with E-state index in [4.69, 9.17) is 0 Å². The van der Waals surface area contributed by atoms with E-state index in [-0.39, 0.29) is 5.41 Å². The van der Waals surface area contributed by atoms with Crippen molar-refractivity contribution < 1.29 is 0 Å². The zero-order valence-corrected chi connectivity index (χ0v) is 17.7. The van der Waals surface area contributed by atoms with Gasteiger partial charge in [-0.1, -0.05) is 44.2 Å². The van der Waals surface area contributed by atoms with Crippen molar-refractivity contribution >= 4 is 11.3 Å². The van der Waals surface area contributed by atoms with E-state index in [1.54, 1.807) is 6.20 Å². The van der Waals surface area contributed by atoms with Crippen LogP contribution >= 0.6 is 0 Å². The second kappa shape index (κ2) is 7.22. The molecule has 1 aromatic carbocycles. The molecule has 0 bridgehead atoms. The average Bonchev–Trinajstić information content (AvgIpc) is 2.80. The predicted octanol–water partition coefficient (Wildman–Crippen LogP) is 6.14. The van der Waals surface area contributed by atoms with Gasteiger partial charge in [0.15, 0.2) is 0 Å². The summed E-state index contributed by atoms with van der Waals surface area (Å²) >= 11 is 0. The highest BCUT2D eigenvalue weighted by atomic mass is 15.2. The Bertz CT molecular complexity index is 1130.